The van der Waals surface area contributed by atoms with Gasteiger partial charge in [0.2, 0.25) is 5.95 Å². The molecule has 0 saturated heterocycles. The van der Waals surface area contributed by atoms with Gasteiger partial charge in [0.1, 0.15) is 18.0 Å². The minimum Gasteiger partial charge on any atom is -0.369 e. The van der Waals surface area contributed by atoms with E-state index in [1.165, 1.54) is 16.7 Å². The van der Waals surface area contributed by atoms with Crippen LogP contribution in [0, 0.1) is 13.8 Å². The standard InChI is InChI=1S/C21H22N6/c1-13-9-17-18(10-14(13)2)27(21(22)26-17)20-11-19(23-12-24-20)25-15(3)16-7-5-4-6-8-16/h4-12,15H,1-3H3,(H2,22,26)(H,23,24,25)/t15-/m1/s1. The maximum absolute atomic E-state index is 6.20. The lowest BCUT2D eigenvalue weighted by atomic mass is 10.1. The summed E-state index contributed by atoms with van der Waals surface area (Å²) in [6.07, 6.45) is 1.54. The van der Waals surface area contributed by atoms with Crippen molar-refractivity contribution in [2.24, 2.45) is 0 Å². The Bertz CT molecular complexity index is 1100. The third-order valence-electron chi connectivity index (χ3n) is 4.84. The number of aryl methyl sites for hydroxylation is 2. The Morgan fingerprint density at radius 1 is 1.00 bits per heavy atom. The van der Waals surface area contributed by atoms with Crippen LogP contribution in [0.25, 0.3) is 16.9 Å². The summed E-state index contributed by atoms with van der Waals surface area (Å²) in [7, 11) is 0. The summed E-state index contributed by atoms with van der Waals surface area (Å²) in [6.45, 7) is 6.25. The first-order chi connectivity index (χ1) is 13.0. The molecule has 0 aliphatic heterocycles. The van der Waals surface area contributed by atoms with E-state index in [0.29, 0.717) is 11.8 Å². The molecular weight excluding hydrogens is 336 g/mol. The third-order valence-corrected chi connectivity index (χ3v) is 4.84. The number of nitrogens with zero attached hydrogens (tertiary/aromatic N) is 4. The summed E-state index contributed by atoms with van der Waals surface area (Å²) >= 11 is 0. The highest BCUT2D eigenvalue weighted by Gasteiger charge is 2.14. The average molecular weight is 358 g/mol. The fourth-order valence-corrected chi connectivity index (χ4v) is 3.19. The molecule has 2 aromatic carbocycles. The lowest BCUT2D eigenvalue weighted by molar-refractivity contribution is 0.868. The molecule has 3 N–H and O–H groups in total. The van der Waals surface area contributed by atoms with Crippen LogP contribution in [0.3, 0.4) is 0 Å². The van der Waals surface area contributed by atoms with Crippen molar-refractivity contribution in [3.05, 3.63) is 71.5 Å². The molecule has 0 aliphatic carbocycles. The number of imidazole rings is 1. The molecule has 4 aromatic rings. The number of nitrogens with two attached hydrogens (primary N) is 1. The van der Waals surface area contributed by atoms with E-state index < -0.39 is 0 Å². The monoisotopic (exact) mass is 358 g/mol. The molecule has 0 bridgehead atoms. The third kappa shape index (κ3) is 3.21. The lowest BCUT2D eigenvalue weighted by Crippen LogP contribution is -2.09. The van der Waals surface area contributed by atoms with Crippen LogP contribution in [0.5, 0.6) is 0 Å². The van der Waals surface area contributed by atoms with Crippen molar-refractivity contribution in [3.63, 3.8) is 0 Å². The Morgan fingerprint density at radius 3 is 2.52 bits per heavy atom. The molecule has 2 heterocycles. The van der Waals surface area contributed by atoms with E-state index in [2.05, 4.69) is 65.3 Å². The normalized spacial score (nSPS) is 12.3. The number of nitrogens with one attached hydrogen (secondary N) is 1. The highest BCUT2D eigenvalue weighted by atomic mass is 15.2. The second-order valence-corrected chi connectivity index (χ2v) is 6.77. The molecule has 136 valence electrons. The van der Waals surface area contributed by atoms with E-state index >= 15 is 0 Å². The number of fused-ring (bicyclic) bond motifs is 1. The first kappa shape index (κ1) is 17.0. The van der Waals surface area contributed by atoms with Crippen molar-refractivity contribution in [3.8, 4) is 5.82 Å². The molecule has 0 aliphatic rings. The fraction of sp³-hybridized carbons (Fsp3) is 0.190. The van der Waals surface area contributed by atoms with Gasteiger partial charge in [-0.1, -0.05) is 30.3 Å². The average Bonchev–Trinajstić information content (AvgIpc) is 2.97. The molecule has 4 rings (SSSR count). The van der Waals surface area contributed by atoms with Crippen molar-refractivity contribution in [1.29, 1.82) is 0 Å². The van der Waals surface area contributed by atoms with Crippen LogP contribution < -0.4 is 11.1 Å². The SMILES string of the molecule is Cc1cc2nc(N)n(-c3cc(N[C@H](C)c4ccccc4)ncn3)c2cc1C. The number of anilines is 2. The molecule has 2 aromatic heterocycles. The maximum atomic E-state index is 6.20. The maximum Gasteiger partial charge on any atom is 0.207 e. The molecule has 0 spiro atoms. The molecule has 27 heavy (non-hydrogen) atoms. The van der Waals surface area contributed by atoms with Crippen molar-refractivity contribution in [2.75, 3.05) is 11.1 Å². The highest BCUT2D eigenvalue weighted by Crippen LogP contribution is 2.26. The smallest absolute Gasteiger partial charge is 0.207 e. The van der Waals surface area contributed by atoms with Gasteiger partial charge >= 0.3 is 0 Å². The highest BCUT2D eigenvalue weighted by molar-refractivity contribution is 5.82. The van der Waals surface area contributed by atoms with Gasteiger partial charge in [-0.05, 0) is 49.6 Å². The first-order valence-corrected chi connectivity index (χ1v) is 8.92. The molecule has 0 radical (unpaired) electrons. The van der Waals surface area contributed by atoms with Crippen LogP contribution in [-0.2, 0) is 0 Å². The molecule has 6 nitrogen and oxygen atoms in total. The van der Waals surface area contributed by atoms with E-state index in [9.17, 15) is 0 Å². The van der Waals surface area contributed by atoms with Gasteiger partial charge in [0.15, 0.2) is 0 Å². The number of aromatic nitrogens is 4. The number of nitrogen functional groups attached to an aromatic ring is 1. The molecule has 0 unspecified atom stereocenters. The Labute approximate surface area is 158 Å². The minimum atomic E-state index is 0.121. The Kier molecular flexibility index (Phi) is 4.24. The van der Waals surface area contributed by atoms with Gasteiger partial charge in [-0.3, -0.25) is 4.57 Å². The summed E-state index contributed by atoms with van der Waals surface area (Å²) in [5.74, 6) is 1.84. The van der Waals surface area contributed by atoms with Crippen LogP contribution in [0.2, 0.25) is 0 Å². The van der Waals surface area contributed by atoms with Gasteiger partial charge in [0, 0.05) is 12.1 Å². The predicted octanol–water partition coefficient (Wildman–Crippen LogP) is 4.19. The van der Waals surface area contributed by atoms with Crippen molar-refractivity contribution in [2.45, 2.75) is 26.8 Å². The summed E-state index contributed by atoms with van der Waals surface area (Å²) < 4.78 is 1.86. The van der Waals surface area contributed by atoms with E-state index in [-0.39, 0.29) is 6.04 Å². The largest absolute Gasteiger partial charge is 0.369 e. The van der Waals surface area contributed by atoms with E-state index in [0.717, 1.165) is 16.9 Å². The number of hydrogen-bond donors (Lipinski definition) is 2. The zero-order valence-corrected chi connectivity index (χ0v) is 15.6. The van der Waals surface area contributed by atoms with E-state index in [1.807, 2.05) is 28.8 Å². The number of rotatable bonds is 4. The van der Waals surface area contributed by atoms with Crippen LogP contribution in [-0.4, -0.2) is 19.5 Å². The van der Waals surface area contributed by atoms with Crippen LogP contribution in [0.1, 0.15) is 29.7 Å². The summed E-state index contributed by atoms with van der Waals surface area (Å²) in [5.41, 5.74) is 11.6. The summed E-state index contributed by atoms with van der Waals surface area (Å²) in [6, 6.07) is 16.4. The topological polar surface area (TPSA) is 81.6 Å². The molecule has 1 atom stereocenters. The minimum absolute atomic E-state index is 0.121. The van der Waals surface area contributed by atoms with Gasteiger partial charge in [0.25, 0.3) is 0 Å². The van der Waals surface area contributed by atoms with Crippen molar-refractivity contribution < 1.29 is 0 Å². The number of hydrogen-bond acceptors (Lipinski definition) is 5. The quantitative estimate of drug-likeness (QED) is 0.572. The summed E-state index contributed by atoms with van der Waals surface area (Å²) in [5, 5.41) is 3.42. The van der Waals surface area contributed by atoms with Crippen LogP contribution in [0.15, 0.2) is 54.9 Å². The van der Waals surface area contributed by atoms with Gasteiger partial charge < -0.3 is 11.1 Å². The van der Waals surface area contributed by atoms with Gasteiger partial charge in [-0.2, -0.15) is 0 Å². The first-order valence-electron chi connectivity index (χ1n) is 8.92. The predicted molar refractivity (Wildman–Crippen MR) is 109 cm³/mol. The number of benzene rings is 2. The van der Waals surface area contributed by atoms with Crippen LogP contribution in [0.4, 0.5) is 11.8 Å². The lowest BCUT2D eigenvalue weighted by Gasteiger charge is -2.15. The Hall–Kier alpha value is -3.41. The van der Waals surface area contributed by atoms with Gasteiger partial charge in [-0.15, -0.1) is 0 Å². The van der Waals surface area contributed by atoms with Gasteiger partial charge in [0.05, 0.1) is 11.0 Å². The van der Waals surface area contributed by atoms with Crippen molar-refractivity contribution >= 4 is 22.8 Å². The van der Waals surface area contributed by atoms with E-state index in [1.54, 1.807) is 6.33 Å². The zero-order chi connectivity index (χ0) is 19.0. The van der Waals surface area contributed by atoms with Crippen LogP contribution >= 0.6 is 0 Å². The molecular formula is C21H22N6. The molecule has 0 saturated carbocycles. The second-order valence-electron chi connectivity index (χ2n) is 6.77. The van der Waals surface area contributed by atoms with E-state index in [4.69, 9.17) is 5.73 Å². The second kappa shape index (κ2) is 6.72. The fourth-order valence-electron chi connectivity index (χ4n) is 3.19. The van der Waals surface area contributed by atoms with Crippen molar-refractivity contribution in [1.82, 2.24) is 19.5 Å². The molecule has 0 fully saturated rings. The summed E-state index contributed by atoms with van der Waals surface area (Å²) in [4.78, 5) is 13.3. The van der Waals surface area contributed by atoms with Gasteiger partial charge in [-0.25, -0.2) is 15.0 Å². The Balaban J connectivity index is 1.72. The molecule has 0 amide bonds. The Morgan fingerprint density at radius 2 is 1.74 bits per heavy atom. The molecule has 6 heteroatoms. The zero-order valence-electron chi connectivity index (χ0n) is 15.6.